The van der Waals surface area contributed by atoms with E-state index in [4.69, 9.17) is 4.84 Å². The molecular formula is C10H13NO2S. The first-order valence-corrected chi connectivity index (χ1v) is 5.52. The van der Waals surface area contributed by atoms with Crippen LogP contribution in [0, 0.1) is 13.8 Å². The van der Waals surface area contributed by atoms with Gasteiger partial charge in [-0.3, -0.25) is 9.63 Å². The fourth-order valence-electron chi connectivity index (χ4n) is 1.41. The van der Waals surface area contributed by atoms with Crippen molar-refractivity contribution in [3.63, 3.8) is 0 Å². The molecule has 2 heterocycles. The van der Waals surface area contributed by atoms with Crippen molar-refractivity contribution in [1.82, 2.24) is 5.06 Å². The van der Waals surface area contributed by atoms with Gasteiger partial charge in [0.2, 0.25) is 0 Å². The molecule has 0 aromatic carbocycles. The first kappa shape index (κ1) is 9.68. The lowest BCUT2D eigenvalue weighted by Crippen LogP contribution is -2.25. The fourth-order valence-corrected chi connectivity index (χ4v) is 2.38. The zero-order chi connectivity index (χ0) is 10.1. The molecule has 0 atom stereocenters. The van der Waals surface area contributed by atoms with Crippen LogP contribution in [0.4, 0.5) is 0 Å². The first-order valence-electron chi connectivity index (χ1n) is 4.70. The summed E-state index contributed by atoms with van der Waals surface area (Å²) in [5.74, 6) is 0.00343. The normalized spacial score (nSPS) is 16.3. The second-order valence-corrected chi connectivity index (χ2v) is 4.70. The molecule has 1 fully saturated rings. The SMILES string of the molecule is Cc1cc(C(=O)N2CCCO2)sc1C. The minimum Gasteiger partial charge on any atom is -0.271 e. The summed E-state index contributed by atoms with van der Waals surface area (Å²) >= 11 is 1.54. The Balaban J connectivity index is 2.18. The molecule has 0 aliphatic carbocycles. The van der Waals surface area contributed by atoms with E-state index in [-0.39, 0.29) is 5.91 Å². The number of hydrogen-bond donors (Lipinski definition) is 0. The van der Waals surface area contributed by atoms with Crippen molar-refractivity contribution < 1.29 is 9.63 Å². The number of carbonyl (C=O) groups excluding carboxylic acids is 1. The van der Waals surface area contributed by atoms with Crippen LogP contribution in [0.15, 0.2) is 6.07 Å². The molecule has 0 radical (unpaired) electrons. The molecule has 4 heteroatoms. The van der Waals surface area contributed by atoms with Crippen molar-refractivity contribution in [2.45, 2.75) is 20.3 Å². The third kappa shape index (κ3) is 1.67. The van der Waals surface area contributed by atoms with Crippen molar-refractivity contribution in [3.05, 3.63) is 21.4 Å². The lowest BCUT2D eigenvalue weighted by Gasteiger charge is -2.11. The number of nitrogens with zero attached hydrogens (tertiary/aromatic N) is 1. The first-order chi connectivity index (χ1) is 6.68. The number of hydroxylamine groups is 2. The number of hydrogen-bond acceptors (Lipinski definition) is 3. The van der Waals surface area contributed by atoms with Crippen LogP contribution in [-0.2, 0) is 4.84 Å². The summed E-state index contributed by atoms with van der Waals surface area (Å²) in [6, 6.07) is 1.93. The van der Waals surface area contributed by atoms with Crippen molar-refractivity contribution in [2.75, 3.05) is 13.2 Å². The zero-order valence-electron chi connectivity index (χ0n) is 8.37. The van der Waals surface area contributed by atoms with Gasteiger partial charge in [0, 0.05) is 4.88 Å². The molecular weight excluding hydrogens is 198 g/mol. The Bertz CT molecular complexity index is 334. The molecule has 1 amide bonds. The highest BCUT2D eigenvalue weighted by atomic mass is 32.1. The van der Waals surface area contributed by atoms with E-state index in [1.807, 2.05) is 19.9 Å². The van der Waals surface area contributed by atoms with Gasteiger partial charge in [-0.25, -0.2) is 5.06 Å². The lowest BCUT2D eigenvalue weighted by molar-refractivity contribution is -0.0765. The Morgan fingerprint density at radius 3 is 2.86 bits per heavy atom. The molecule has 1 aliphatic rings. The van der Waals surface area contributed by atoms with Crippen molar-refractivity contribution >= 4 is 17.2 Å². The van der Waals surface area contributed by atoms with Crippen LogP contribution in [0.5, 0.6) is 0 Å². The number of aryl methyl sites for hydroxylation is 2. The molecule has 1 aromatic rings. The topological polar surface area (TPSA) is 29.5 Å². The Labute approximate surface area is 87.2 Å². The molecule has 1 saturated heterocycles. The van der Waals surface area contributed by atoms with E-state index < -0.39 is 0 Å². The molecule has 0 spiro atoms. The molecule has 3 nitrogen and oxygen atoms in total. The quantitative estimate of drug-likeness (QED) is 0.712. The second kappa shape index (κ2) is 3.71. The summed E-state index contributed by atoms with van der Waals surface area (Å²) in [5, 5.41) is 1.46. The lowest BCUT2D eigenvalue weighted by atomic mass is 10.3. The summed E-state index contributed by atoms with van der Waals surface area (Å²) in [4.78, 5) is 19.0. The highest BCUT2D eigenvalue weighted by molar-refractivity contribution is 7.14. The zero-order valence-corrected chi connectivity index (χ0v) is 9.19. The van der Waals surface area contributed by atoms with Gasteiger partial charge in [-0.05, 0) is 31.9 Å². The Morgan fingerprint density at radius 1 is 1.57 bits per heavy atom. The van der Waals surface area contributed by atoms with Gasteiger partial charge in [-0.1, -0.05) is 0 Å². The summed E-state index contributed by atoms with van der Waals surface area (Å²) in [5.41, 5.74) is 1.18. The van der Waals surface area contributed by atoms with Gasteiger partial charge in [-0.2, -0.15) is 0 Å². The molecule has 0 N–H and O–H groups in total. The smallest absolute Gasteiger partial charge is 0.271 e. The molecule has 1 aliphatic heterocycles. The van der Waals surface area contributed by atoms with Gasteiger partial charge in [0.15, 0.2) is 0 Å². The Morgan fingerprint density at radius 2 is 2.36 bits per heavy atom. The number of rotatable bonds is 1. The largest absolute Gasteiger partial charge is 0.287 e. The van der Waals surface area contributed by atoms with Gasteiger partial charge in [0.1, 0.15) is 0 Å². The molecule has 76 valence electrons. The number of amides is 1. The molecule has 1 aromatic heterocycles. The van der Waals surface area contributed by atoms with Crippen molar-refractivity contribution in [1.29, 1.82) is 0 Å². The predicted molar refractivity (Wildman–Crippen MR) is 55.4 cm³/mol. The van der Waals surface area contributed by atoms with E-state index in [1.54, 1.807) is 0 Å². The van der Waals surface area contributed by atoms with Crippen LogP contribution >= 0.6 is 11.3 Å². The van der Waals surface area contributed by atoms with Crippen LogP contribution in [0.1, 0.15) is 26.5 Å². The van der Waals surface area contributed by atoms with Crippen molar-refractivity contribution in [3.8, 4) is 0 Å². The summed E-state index contributed by atoms with van der Waals surface area (Å²) in [6.45, 7) is 5.43. The summed E-state index contributed by atoms with van der Waals surface area (Å²) in [7, 11) is 0. The number of thiophene rings is 1. The highest BCUT2D eigenvalue weighted by Crippen LogP contribution is 2.23. The molecule has 14 heavy (non-hydrogen) atoms. The fraction of sp³-hybridized carbons (Fsp3) is 0.500. The van der Waals surface area contributed by atoms with E-state index in [1.165, 1.54) is 26.8 Å². The standard InChI is InChI=1S/C10H13NO2S/c1-7-6-9(14-8(7)2)10(12)11-4-3-5-13-11/h6H,3-5H2,1-2H3. The maximum absolute atomic E-state index is 11.8. The van der Waals surface area contributed by atoms with E-state index >= 15 is 0 Å². The maximum atomic E-state index is 11.8. The van der Waals surface area contributed by atoms with E-state index in [0.29, 0.717) is 6.61 Å². The molecule has 0 saturated carbocycles. The van der Waals surface area contributed by atoms with Crippen LogP contribution in [-0.4, -0.2) is 24.1 Å². The van der Waals surface area contributed by atoms with Crippen LogP contribution < -0.4 is 0 Å². The minimum atomic E-state index is 0.00343. The minimum absolute atomic E-state index is 0.00343. The van der Waals surface area contributed by atoms with Crippen LogP contribution in [0.2, 0.25) is 0 Å². The average Bonchev–Trinajstić information content (AvgIpc) is 2.76. The van der Waals surface area contributed by atoms with Gasteiger partial charge in [0.25, 0.3) is 5.91 Å². The third-order valence-electron chi connectivity index (χ3n) is 2.36. The number of carbonyl (C=O) groups is 1. The monoisotopic (exact) mass is 211 g/mol. The van der Waals surface area contributed by atoms with E-state index in [9.17, 15) is 4.79 Å². The third-order valence-corrected chi connectivity index (χ3v) is 3.50. The second-order valence-electron chi connectivity index (χ2n) is 3.44. The Hall–Kier alpha value is -0.870. The molecule has 0 unspecified atom stereocenters. The Kier molecular flexibility index (Phi) is 2.56. The van der Waals surface area contributed by atoms with E-state index in [2.05, 4.69) is 0 Å². The van der Waals surface area contributed by atoms with Crippen LogP contribution in [0.25, 0.3) is 0 Å². The van der Waals surface area contributed by atoms with Crippen molar-refractivity contribution in [2.24, 2.45) is 0 Å². The van der Waals surface area contributed by atoms with E-state index in [0.717, 1.165) is 17.8 Å². The molecule has 0 bridgehead atoms. The highest BCUT2D eigenvalue weighted by Gasteiger charge is 2.22. The molecule has 2 rings (SSSR count). The summed E-state index contributed by atoms with van der Waals surface area (Å²) in [6.07, 6.45) is 0.940. The average molecular weight is 211 g/mol. The predicted octanol–water partition coefficient (Wildman–Crippen LogP) is 2.14. The maximum Gasteiger partial charge on any atom is 0.287 e. The van der Waals surface area contributed by atoms with Gasteiger partial charge >= 0.3 is 0 Å². The van der Waals surface area contributed by atoms with Gasteiger partial charge in [0.05, 0.1) is 18.0 Å². The van der Waals surface area contributed by atoms with Crippen LogP contribution in [0.3, 0.4) is 0 Å². The van der Waals surface area contributed by atoms with Gasteiger partial charge < -0.3 is 0 Å². The van der Waals surface area contributed by atoms with Gasteiger partial charge in [-0.15, -0.1) is 11.3 Å². The summed E-state index contributed by atoms with van der Waals surface area (Å²) < 4.78 is 0.